The molecule has 7 nitrogen and oxygen atoms in total. The molecule has 1 N–H and O–H groups in total. The number of aryl methyl sites for hydroxylation is 2. The van der Waals surface area contributed by atoms with E-state index in [1.807, 2.05) is 30.0 Å². The number of hydrogen-bond donors (Lipinski definition) is 1. The third-order valence-corrected chi connectivity index (χ3v) is 4.66. The number of carbonyl (C=O) groups excluding carboxylic acids is 1. The van der Waals surface area contributed by atoms with Crippen molar-refractivity contribution in [2.75, 3.05) is 31.1 Å². The van der Waals surface area contributed by atoms with Crippen molar-refractivity contribution in [1.82, 2.24) is 25.1 Å². The van der Waals surface area contributed by atoms with E-state index < -0.39 is 0 Å². The van der Waals surface area contributed by atoms with Crippen LogP contribution in [-0.4, -0.2) is 57.2 Å². The predicted molar refractivity (Wildman–Crippen MR) is 95.7 cm³/mol. The zero-order chi connectivity index (χ0) is 17.4. The highest BCUT2D eigenvalue weighted by atomic mass is 16.2. The summed E-state index contributed by atoms with van der Waals surface area (Å²) >= 11 is 0. The zero-order valence-corrected chi connectivity index (χ0v) is 14.4. The highest BCUT2D eigenvalue weighted by Gasteiger charge is 2.23. The number of carbonyl (C=O) groups is 1. The van der Waals surface area contributed by atoms with E-state index >= 15 is 0 Å². The van der Waals surface area contributed by atoms with Crippen LogP contribution in [0.5, 0.6) is 0 Å². The van der Waals surface area contributed by atoms with Crippen LogP contribution >= 0.6 is 0 Å². The van der Waals surface area contributed by atoms with Gasteiger partial charge in [-0.1, -0.05) is 6.07 Å². The molecule has 3 aromatic rings. The fourth-order valence-electron chi connectivity index (χ4n) is 3.36. The van der Waals surface area contributed by atoms with Crippen LogP contribution in [0.15, 0.2) is 30.6 Å². The first-order valence-electron chi connectivity index (χ1n) is 8.39. The summed E-state index contributed by atoms with van der Waals surface area (Å²) in [5, 5.41) is 7.84. The molecule has 1 fully saturated rings. The van der Waals surface area contributed by atoms with Gasteiger partial charge in [0.2, 0.25) is 5.95 Å². The van der Waals surface area contributed by atoms with Crippen LogP contribution in [0.1, 0.15) is 21.6 Å². The van der Waals surface area contributed by atoms with Gasteiger partial charge >= 0.3 is 0 Å². The number of anilines is 1. The van der Waals surface area contributed by atoms with E-state index in [2.05, 4.69) is 38.1 Å². The summed E-state index contributed by atoms with van der Waals surface area (Å²) in [5.41, 5.74) is 3.72. The lowest BCUT2D eigenvalue weighted by molar-refractivity contribution is 0.0746. The van der Waals surface area contributed by atoms with Crippen LogP contribution in [0.3, 0.4) is 0 Å². The lowest BCUT2D eigenvalue weighted by Gasteiger charge is -2.34. The van der Waals surface area contributed by atoms with Crippen molar-refractivity contribution in [3.05, 3.63) is 47.4 Å². The van der Waals surface area contributed by atoms with E-state index in [1.54, 1.807) is 0 Å². The molecule has 1 aliphatic rings. The molecule has 3 heterocycles. The van der Waals surface area contributed by atoms with Gasteiger partial charge in [-0.15, -0.1) is 0 Å². The fraction of sp³-hybridized carbons (Fsp3) is 0.333. The molecular formula is C18H20N6O. The number of piperazine rings is 1. The molecule has 1 saturated heterocycles. The maximum Gasteiger partial charge on any atom is 0.254 e. The summed E-state index contributed by atoms with van der Waals surface area (Å²) in [6, 6.07) is 7.86. The van der Waals surface area contributed by atoms with E-state index in [0.717, 1.165) is 35.6 Å². The standard InChI is InChI=1S/C18H20N6O/c1-12-9-13(2)21-16-10-14(3-4-15(12)16)17(25)23-5-7-24(8-6-23)18-19-11-20-22-18/h3-4,9-11H,5-8H2,1-2H3,(H,19,20,22). The predicted octanol–water partition coefficient (Wildman–Crippen LogP) is 1.93. The monoisotopic (exact) mass is 336 g/mol. The number of nitrogens with one attached hydrogen (secondary N) is 1. The minimum Gasteiger partial charge on any atom is -0.338 e. The molecule has 0 radical (unpaired) electrons. The van der Waals surface area contributed by atoms with E-state index in [1.165, 1.54) is 11.9 Å². The summed E-state index contributed by atoms with van der Waals surface area (Å²) in [6.45, 7) is 6.86. The number of H-pyrrole nitrogens is 1. The third-order valence-electron chi connectivity index (χ3n) is 4.66. The molecule has 0 bridgehead atoms. The summed E-state index contributed by atoms with van der Waals surface area (Å²) < 4.78 is 0. The second-order valence-corrected chi connectivity index (χ2v) is 6.40. The fourth-order valence-corrected chi connectivity index (χ4v) is 3.36. The Morgan fingerprint density at radius 1 is 1.12 bits per heavy atom. The zero-order valence-electron chi connectivity index (χ0n) is 14.4. The number of aromatic nitrogens is 4. The van der Waals surface area contributed by atoms with Crippen molar-refractivity contribution in [3.8, 4) is 0 Å². The lowest BCUT2D eigenvalue weighted by atomic mass is 10.1. The van der Waals surface area contributed by atoms with E-state index in [4.69, 9.17) is 0 Å². The van der Waals surface area contributed by atoms with Crippen LogP contribution in [0.4, 0.5) is 5.95 Å². The van der Waals surface area contributed by atoms with Crippen LogP contribution < -0.4 is 4.90 Å². The Morgan fingerprint density at radius 2 is 1.92 bits per heavy atom. The highest BCUT2D eigenvalue weighted by molar-refractivity contribution is 5.98. The number of nitrogens with zero attached hydrogens (tertiary/aromatic N) is 5. The Labute approximate surface area is 145 Å². The molecule has 1 amide bonds. The van der Waals surface area contributed by atoms with Crippen LogP contribution in [0.25, 0.3) is 10.9 Å². The van der Waals surface area contributed by atoms with Crippen molar-refractivity contribution in [2.24, 2.45) is 0 Å². The molecule has 0 spiro atoms. The van der Waals surface area contributed by atoms with Gasteiger partial charge in [0.15, 0.2) is 0 Å². The topological polar surface area (TPSA) is 78.0 Å². The molecule has 1 aromatic carbocycles. The second kappa shape index (κ2) is 6.16. The van der Waals surface area contributed by atoms with Gasteiger partial charge in [0.1, 0.15) is 6.33 Å². The lowest BCUT2D eigenvalue weighted by Crippen LogP contribution is -2.49. The van der Waals surface area contributed by atoms with Crippen molar-refractivity contribution in [1.29, 1.82) is 0 Å². The first kappa shape index (κ1) is 15.6. The minimum absolute atomic E-state index is 0.0556. The normalized spacial score (nSPS) is 15.0. The number of rotatable bonds is 2. The highest BCUT2D eigenvalue weighted by Crippen LogP contribution is 2.20. The van der Waals surface area contributed by atoms with Crippen molar-refractivity contribution < 1.29 is 4.79 Å². The maximum atomic E-state index is 12.9. The minimum atomic E-state index is 0.0556. The van der Waals surface area contributed by atoms with Gasteiger partial charge in [0.05, 0.1) is 5.52 Å². The van der Waals surface area contributed by atoms with Gasteiger partial charge in [0.25, 0.3) is 5.91 Å². The third kappa shape index (κ3) is 2.93. The average Bonchev–Trinajstić information content (AvgIpc) is 3.15. The Morgan fingerprint density at radius 3 is 2.64 bits per heavy atom. The summed E-state index contributed by atoms with van der Waals surface area (Å²) in [4.78, 5) is 25.6. The van der Waals surface area contributed by atoms with Crippen molar-refractivity contribution in [3.63, 3.8) is 0 Å². The van der Waals surface area contributed by atoms with E-state index in [-0.39, 0.29) is 5.91 Å². The number of fused-ring (bicyclic) bond motifs is 1. The molecule has 7 heteroatoms. The van der Waals surface area contributed by atoms with Crippen LogP contribution in [0.2, 0.25) is 0 Å². The Hall–Kier alpha value is -2.96. The largest absolute Gasteiger partial charge is 0.338 e. The molecular weight excluding hydrogens is 316 g/mol. The first-order valence-corrected chi connectivity index (χ1v) is 8.39. The van der Waals surface area contributed by atoms with Crippen molar-refractivity contribution >= 4 is 22.8 Å². The number of pyridine rings is 1. The SMILES string of the molecule is Cc1cc(C)c2ccc(C(=O)N3CCN(c4ncn[nH]4)CC3)cc2n1. The van der Waals surface area contributed by atoms with Gasteiger partial charge in [-0.2, -0.15) is 10.1 Å². The summed E-state index contributed by atoms with van der Waals surface area (Å²) in [7, 11) is 0. The quantitative estimate of drug-likeness (QED) is 0.774. The Balaban J connectivity index is 1.52. The molecule has 0 unspecified atom stereocenters. The molecule has 2 aromatic heterocycles. The van der Waals surface area contributed by atoms with E-state index in [9.17, 15) is 4.79 Å². The van der Waals surface area contributed by atoms with Gasteiger partial charge < -0.3 is 9.80 Å². The van der Waals surface area contributed by atoms with Gasteiger partial charge in [-0.3, -0.25) is 9.78 Å². The second-order valence-electron chi connectivity index (χ2n) is 6.40. The average molecular weight is 336 g/mol. The maximum absolute atomic E-state index is 12.9. The first-order chi connectivity index (χ1) is 12.1. The molecule has 0 aliphatic carbocycles. The number of amides is 1. The molecule has 4 rings (SSSR count). The van der Waals surface area contributed by atoms with Gasteiger partial charge in [0, 0.05) is 42.8 Å². The Kier molecular flexibility index (Phi) is 3.83. The molecule has 0 atom stereocenters. The molecule has 0 saturated carbocycles. The molecule has 25 heavy (non-hydrogen) atoms. The summed E-state index contributed by atoms with van der Waals surface area (Å²) in [6.07, 6.45) is 1.50. The van der Waals surface area contributed by atoms with Crippen molar-refractivity contribution in [2.45, 2.75) is 13.8 Å². The van der Waals surface area contributed by atoms with Crippen LogP contribution in [-0.2, 0) is 0 Å². The van der Waals surface area contributed by atoms with Gasteiger partial charge in [-0.25, -0.2) is 5.10 Å². The smallest absolute Gasteiger partial charge is 0.254 e. The number of hydrogen-bond acceptors (Lipinski definition) is 5. The number of aromatic amines is 1. The van der Waals surface area contributed by atoms with Crippen LogP contribution in [0, 0.1) is 13.8 Å². The van der Waals surface area contributed by atoms with E-state index in [0.29, 0.717) is 18.7 Å². The van der Waals surface area contributed by atoms with Gasteiger partial charge in [-0.05, 0) is 37.6 Å². The summed E-state index contributed by atoms with van der Waals surface area (Å²) in [5.74, 6) is 0.813. The molecule has 1 aliphatic heterocycles. The Bertz CT molecular complexity index is 913. The number of benzene rings is 1. The molecule has 128 valence electrons.